The summed E-state index contributed by atoms with van der Waals surface area (Å²) in [6.07, 6.45) is 1.67. The van der Waals surface area contributed by atoms with Crippen LogP contribution in [0, 0.1) is 6.92 Å². The Kier molecular flexibility index (Phi) is 4.49. The summed E-state index contributed by atoms with van der Waals surface area (Å²) in [6, 6.07) is 12.1. The zero-order valence-corrected chi connectivity index (χ0v) is 15.9. The highest BCUT2D eigenvalue weighted by Gasteiger charge is 2.22. The van der Waals surface area contributed by atoms with Gasteiger partial charge in [0.05, 0.1) is 5.52 Å². The molecule has 0 fully saturated rings. The largest absolute Gasteiger partial charge is 0.486 e. The van der Waals surface area contributed by atoms with Crippen LogP contribution in [0.15, 0.2) is 53.6 Å². The lowest BCUT2D eigenvalue weighted by Gasteiger charge is -2.21. The van der Waals surface area contributed by atoms with Gasteiger partial charge in [0.1, 0.15) is 18.1 Å². The zero-order chi connectivity index (χ0) is 19.0. The fourth-order valence-electron chi connectivity index (χ4n) is 3.15. The molecule has 3 aromatic rings. The van der Waals surface area contributed by atoms with Crippen LogP contribution in [-0.2, 0) is 10.0 Å². The maximum absolute atomic E-state index is 13.0. The van der Waals surface area contributed by atoms with Crippen molar-refractivity contribution in [1.29, 1.82) is 0 Å². The molecule has 1 N–H and O–H groups in total. The van der Waals surface area contributed by atoms with E-state index >= 15 is 0 Å². The van der Waals surface area contributed by atoms with Gasteiger partial charge in [0.25, 0.3) is 0 Å². The molecular weight excluding hydrogens is 364 g/mol. The Morgan fingerprint density at radius 2 is 1.85 bits per heavy atom. The third-order valence-corrected chi connectivity index (χ3v) is 6.07. The summed E-state index contributed by atoms with van der Waals surface area (Å²) in [5.41, 5.74) is 2.24. The molecular formula is C20H20N2O4S. The number of hydrogen-bond acceptors (Lipinski definition) is 5. The van der Waals surface area contributed by atoms with Gasteiger partial charge in [-0.1, -0.05) is 18.2 Å². The summed E-state index contributed by atoms with van der Waals surface area (Å²) in [5, 5.41) is 0.796. The molecule has 4 rings (SSSR count). The Labute approximate surface area is 158 Å². The van der Waals surface area contributed by atoms with Crippen LogP contribution in [-0.4, -0.2) is 26.6 Å². The molecule has 0 aliphatic carbocycles. The van der Waals surface area contributed by atoms with Crippen molar-refractivity contribution in [3.05, 3.63) is 59.8 Å². The zero-order valence-electron chi connectivity index (χ0n) is 15.1. The minimum Gasteiger partial charge on any atom is -0.486 e. The molecule has 1 atom stereocenters. The van der Waals surface area contributed by atoms with E-state index in [0.29, 0.717) is 30.2 Å². The first kappa shape index (κ1) is 17.8. The number of benzene rings is 2. The van der Waals surface area contributed by atoms with Crippen LogP contribution in [0.4, 0.5) is 0 Å². The Bertz CT molecular complexity index is 1110. The molecule has 1 aromatic heterocycles. The molecule has 0 saturated carbocycles. The molecule has 2 heterocycles. The van der Waals surface area contributed by atoms with E-state index in [0.717, 1.165) is 16.5 Å². The first-order valence-electron chi connectivity index (χ1n) is 8.71. The van der Waals surface area contributed by atoms with E-state index in [9.17, 15) is 8.42 Å². The summed E-state index contributed by atoms with van der Waals surface area (Å²) in [6.45, 7) is 4.72. The second-order valence-electron chi connectivity index (χ2n) is 6.59. The van der Waals surface area contributed by atoms with Crippen molar-refractivity contribution in [3.8, 4) is 11.5 Å². The van der Waals surface area contributed by atoms with Crippen LogP contribution in [0.3, 0.4) is 0 Å². The number of rotatable bonds is 4. The molecule has 0 radical (unpaired) electrons. The molecule has 140 valence electrons. The standard InChI is InChI=1S/C20H20N2O4S/c1-13-10-16-4-3-5-19(20(16)21-12-13)27(23,24)22-14(2)15-6-7-17-18(11-15)26-9-8-25-17/h3-7,10-12,14,22H,8-9H2,1-2H3/t14-/m1/s1. The lowest BCUT2D eigenvalue weighted by Crippen LogP contribution is -2.27. The number of hydrogen-bond donors (Lipinski definition) is 1. The van der Waals surface area contributed by atoms with Gasteiger partial charge in [0.15, 0.2) is 11.5 Å². The number of para-hydroxylation sites is 1. The smallest absolute Gasteiger partial charge is 0.243 e. The summed E-state index contributed by atoms with van der Waals surface area (Å²) in [7, 11) is -3.75. The maximum atomic E-state index is 13.0. The number of nitrogens with one attached hydrogen (secondary N) is 1. The van der Waals surface area contributed by atoms with Crippen molar-refractivity contribution in [2.75, 3.05) is 13.2 Å². The summed E-state index contributed by atoms with van der Waals surface area (Å²) >= 11 is 0. The van der Waals surface area contributed by atoms with Gasteiger partial charge in [0, 0.05) is 17.6 Å². The molecule has 0 spiro atoms. The van der Waals surface area contributed by atoms with Crippen molar-refractivity contribution in [2.45, 2.75) is 24.8 Å². The molecule has 1 aliphatic rings. The Morgan fingerprint density at radius 1 is 1.07 bits per heavy atom. The normalized spacial score (nSPS) is 14.9. The first-order chi connectivity index (χ1) is 12.9. The molecule has 0 unspecified atom stereocenters. The second-order valence-corrected chi connectivity index (χ2v) is 8.27. The number of aromatic nitrogens is 1. The third-order valence-electron chi connectivity index (χ3n) is 4.50. The van der Waals surface area contributed by atoms with Crippen molar-refractivity contribution >= 4 is 20.9 Å². The molecule has 7 heteroatoms. The predicted molar refractivity (Wildman–Crippen MR) is 103 cm³/mol. The molecule has 1 aliphatic heterocycles. The summed E-state index contributed by atoms with van der Waals surface area (Å²) in [4.78, 5) is 4.50. The third kappa shape index (κ3) is 3.48. The minimum absolute atomic E-state index is 0.171. The topological polar surface area (TPSA) is 77.5 Å². The Balaban J connectivity index is 1.65. The van der Waals surface area contributed by atoms with Crippen molar-refractivity contribution in [3.63, 3.8) is 0 Å². The van der Waals surface area contributed by atoms with Crippen LogP contribution in [0.2, 0.25) is 0 Å². The molecule has 2 aromatic carbocycles. The molecule has 6 nitrogen and oxygen atoms in total. The van der Waals surface area contributed by atoms with E-state index < -0.39 is 16.1 Å². The number of fused-ring (bicyclic) bond motifs is 2. The van der Waals surface area contributed by atoms with E-state index in [2.05, 4.69) is 9.71 Å². The van der Waals surface area contributed by atoms with Crippen LogP contribution in [0.25, 0.3) is 10.9 Å². The van der Waals surface area contributed by atoms with Gasteiger partial charge in [-0.15, -0.1) is 0 Å². The van der Waals surface area contributed by atoms with E-state index in [1.807, 2.05) is 31.2 Å². The molecule has 0 bridgehead atoms. The number of ether oxygens (including phenoxy) is 2. The molecule has 0 amide bonds. The van der Waals surface area contributed by atoms with E-state index in [-0.39, 0.29) is 4.90 Å². The highest BCUT2D eigenvalue weighted by molar-refractivity contribution is 7.89. The number of nitrogens with zero attached hydrogens (tertiary/aromatic N) is 1. The van der Waals surface area contributed by atoms with Crippen LogP contribution in [0.5, 0.6) is 11.5 Å². The highest BCUT2D eigenvalue weighted by atomic mass is 32.2. The SMILES string of the molecule is Cc1cnc2c(S(=O)(=O)N[C@H](C)c3ccc4c(c3)OCCO4)cccc2c1. The van der Waals surface area contributed by atoms with Crippen LogP contribution >= 0.6 is 0 Å². The van der Waals surface area contributed by atoms with Gasteiger partial charge < -0.3 is 9.47 Å². The van der Waals surface area contributed by atoms with Crippen molar-refractivity contribution in [1.82, 2.24) is 9.71 Å². The average molecular weight is 384 g/mol. The number of aryl methyl sites for hydroxylation is 1. The monoisotopic (exact) mass is 384 g/mol. The van der Waals surface area contributed by atoms with Gasteiger partial charge in [-0.3, -0.25) is 4.98 Å². The molecule has 0 saturated heterocycles. The van der Waals surface area contributed by atoms with E-state index in [1.165, 1.54) is 0 Å². The highest BCUT2D eigenvalue weighted by Crippen LogP contribution is 2.33. The van der Waals surface area contributed by atoms with Crippen molar-refractivity contribution < 1.29 is 17.9 Å². The van der Waals surface area contributed by atoms with E-state index in [4.69, 9.17) is 9.47 Å². The average Bonchev–Trinajstić information content (AvgIpc) is 2.66. The first-order valence-corrected chi connectivity index (χ1v) is 10.2. The second kappa shape index (κ2) is 6.83. The lowest BCUT2D eigenvalue weighted by molar-refractivity contribution is 0.171. The van der Waals surface area contributed by atoms with Gasteiger partial charge >= 0.3 is 0 Å². The Hall–Kier alpha value is -2.64. The summed E-state index contributed by atoms with van der Waals surface area (Å²) < 4.78 is 39.8. The quantitative estimate of drug-likeness (QED) is 0.746. The number of sulfonamides is 1. The number of pyridine rings is 1. The van der Waals surface area contributed by atoms with Gasteiger partial charge in [-0.05, 0) is 49.2 Å². The predicted octanol–water partition coefficient (Wildman–Crippen LogP) is 3.35. The summed E-state index contributed by atoms with van der Waals surface area (Å²) in [5.74, 6) is 1.31. The maximum Gasteiger partial charge on any atom is 0.243 e. The van der Waals surface area contributed by atoms with Crippen LogP contribution < -0.4 is 14.2 Å². The Morgan fingerprint density at radius 3 is 2.67 bits per heavy atom. The van der Waals surface area contributed by atoms with Gasteiger partial charge in [0.2, 0.25) is 10.0 Å². The fraction of sp³-hybridized carbons (Fsp3) is 0.250. The van der Waals surface area contributed by atoms with Gasteiger partial charge in [-0.2, -0.15) is 0 Å². The lowest BCUT2D eigenvalue weighted by atomic mass is 10.1. The van der Waals surface area contributed by atoms with Crippen molar-refractivity contribution in [2.24, 2.45) is 0 Å². The molecule has 27 heavy (non-hydrogen) atoms. The fourth-order valence-corrected chi connectivity index (χ4v) is 4.56. The van der Waals surface area contributed by atoms with Crippen LogP contribution in [0.1, 0.15) is 24.1 Å². The van der Waals surface area contributed by atoms with Gasteiger partial charge in [-0.25, -0.2) is 13.1 Å². The minimum atomic E-state index is -3.75. The van der Waals surface area contributed by atoms with E-state index in [1.54, 1.807) is 31.3 Å².